The lowest BCUT2D eigenvalue weighted by molar-refractivity contribution is -0.143. The summed E-state index contributed by atoms with van der Waals surface area (Å²) in [5.74, 6) is -0.416. The number of ether oxygens (including phenoxy) is 1. The molecule has 24 heavy (non-hydrogen) atoms. The van der Waals surface area contributed by atoms with E-state index in [0.717, 1.165) is 11.4 Å². The third-order valence-electron chi connectivity index (χ3n) is 3.31. The number of rotatable bonds is 7. The second-order valence-corrected chi connectivity index (χ2v) is 5.52. The number of para-hydroxylation sites is 1. The Labute approximate surface area is 146 Å². The fourth-order valence-electron chi connectivity index (χ4n) is 2.13. The first-order chi connectivity index (χ1) is 11.6. The van der Waals surface area contributed by atoms with E-state index in [0.29, 0.717) is 17.2 Å². The molecule has 126 valence electrons. The first-order valence-corrected chi connectivity index (χ1v) is 8.08. The van der Waals surface area contributed by atoms with Crippen LogP contribution in [-0.2, 0) is 16.1 Å². The van der Waals surface area contributed by atoms with Crippen molar-refractivity contribution in [3.63, 3.8) is 0 Å². The average Bonchev–Trinajstić information content (AvgIpc) is 3.08. The number of hydrogen-bond donors (Lipinski definition) is 1. The van der Waals surface area contributed by atoms with Gasteiger partial charge in [0.2, 0.25) is 0 Å². The molecule has 0 radical (unpaired) electrons. The second-order valence-electron chi connectivity index (χ2n) is 5.08. The van der Waals surface area contributed by atoms with Crippen molar-refractivity contribution >= 4 is 34.6 Å². The van der Waals surface area contributed by atoms with Crippen LogP contribution in [0.1, 0.15) is 19.6 Å². The van der Waals surface area contributed by atoms with Crippen molar-refractivity contribution in [3.05, 3.63) is 54.5 Å². The number of esters is 1. The predicted octanol–water partition coefficient (Wildman–Crippen LogP) is 3.86. The van der Waals surface area contributed by atoms with Gasteiger partial charge in [-0.25, -0.2) is 0 Å². The Hall–Kier alpha value is -2.47. The summed E-state index contributed by atoms with van der Waals surface area (Å²) < 4.78 is 10.4. The second kappa shape index (κ2) is 8.98. The van der Waals surface area contributed by atoms with E-state index in [1.807, 2.05) is 36.4 Å². The van der Waals surface area contributed by atoms with Crippen molar-refractivity contribution in [2.75, 3.05) is 11.9 Å². The molecule has 0 unspecified atom stereocenters. The monoisotopic (exact) mass is 344 g/mol. The molecule has 0 fully saturated rings. The molecule has 0 aliphatic heterocycles. The van der Waals surface area contributed by atoms with E-state index in [1.54, 1.807) is 26.2 Å². The maximum Gasteiger partial charge on any atom is 0.321 e. The molecule has 0 spiro atoms. The number of benzene rings is 1. The first-order valence-electron chi connectivity index (χ1n) is 7.67. The fraction of sp³-hybridized carbons (Fsp3) is 0.278. The van der Waals surface area contributed by atoms with Crippen LogP contribution in [0.15, 0.2) is 58.1 Å². The van der Waals surface area contributed by atoms with E-state index in [2.05, 4.69) is 10.3 Å². The minimum Gasteiger partial charge on any atom is -0.467 e. The van der Waals surface area contributed by atoms with E-state index in [9.17, 15) is 4.79 Å². The van der Waals surface area contributed by atoms with E-state index >= 15 is 0 Å². The quantitative estimate of drug-likeness (QED) is 0.469. The molecule has 1 heterocycles. The van der Waals surface area contributed by atoms with Crippen LogP contribution in [-0.4, -0.2) is 23.3 Å². The molecule has 5 nitrogen and oxygen atoms in total. The molecular formula is C18H20N2O3S. The van der Waals surface area contributed by atoms with Gasteiger partial charge in [0, 0.05) is 11.4 Å². The molecule has 1 atom stereocenters. The Morgan fingerprint density at radius 2 is 2.04 bits per heavy atom. The molecular weight excluding hydrogens is 324 g/mol. The van der Waals surface area contributed by atoms with Gasteiger partial charge in [0.15, 0.2) is 0 Å². The van der Waals surface area contributed by atoms with Crippen molar-refractivity contribution in [2.24, 2.45) is 10.9 Å². The summed E-state index contributed by atoms with van der Waals surface area (Å²) in [6.45, 7) is 4.17. The van der Waals surface area contributed by atoms with Gasteiger partial charge in [-0.15, -0.1) is 0 Å². The summed E-state index contributed by atoms with van der Waals surface area (Å²) >= 11 is 5.42. The minimum absolute atomic E-state index is 0.286. The zero-order valence-corrected chi connectivity index (χ0v) is 14.5. The van der Waals surface area contributed by atoms with Gasteiger partial charge in [-0.05, 0) is 38.1 Å². The van der Waals surface area contributed by atoms with Gasteiger partial charge in [0.1, 0.15) is 11.7 Å². The normalized spacial score (nSPS) is 12.5. The van der Waals surface area contributed by atoms with Gasteiger partial charge < -0.3 is 14.5 Å². The topological polar surface area (TPSA) is 63.8 Å². The number of anilines is 1. The summed E-state index contributed by atoms with van der Waals surface area (Å²) in [6.07, 6.45) is 1.59. The van der Waals surface area contributed by atoms with Gasteiger partial charge in [-0.3, -0.25) is 9.79 Å². The number of thiocarbonyl (C=S) groups is 1. The molecule has 6 heteroatoms. The number of carbonyl (C=O) groups is 1. The molecule has 0 aliphatic carbocycles. The number of nitrogens with one attached hydrogen (secondary N) is 1. The van der Waals surface area contributed by atoms with Crippen LogP contribution >= 0.6 is 12.2 Å². The zero-order chi connectivity index (χ0) is 17.4. The Bertz CT molecular complexity index is 696. The highest BCUT2D eigenvalue weighted by Gasteiger charge is 2.28. The Balaban J connectivity index is 2.15. The van der Waals surface area contributed by atoms with Crippen LogP contribution < -0.4 is 5.32 Å². The van der Waals surface area contributed by atoms with Gasteiger partial charge in [-0.2, -0.15) is 0 Å². The van der Waals surface area contributed by atoms with Crippen LogP contribution in [0.5, 0.6) is 0 Å². The van der Waals surface area contributed by atoms with E-state index in [-0.39, 0.29) is 6.61 Å². The molecule has 1 aromatic heterocycles. The molecule has 0 saturated heterocycles. The lowest BCUT2D eigenvalue weighted by Crippen LogP contribution is -2.35. The molecule has 0 bridgehead atoms. The van der Waals surface area contributed by atoms with Gasteiger partial charge in [-0.1, -0.05) is 30.4 Å². The van der Waals surface area contributed by atoms with Crippen LogP contribution in [0.4, 0.5) is 5.69 Å². The molecule has 1 aromatic carbocycles. The highest BCUT2D eigenvalue weighted by Crippen LogP contribution is 2.14. The molecule has 1 N–H and O–H groups in total. The average molecular weight is 344 g/mol. The summed E-state index contributed by atoms with van der Waals surface area (Å²) in [5.41, 5.74) is 1.40. The third-order valence-corrected chi connectivity index (χ3v) is 3.65. The van der Waals surface area contributed by atoms with Crippen LogP contribution in [0, 0.1) is 5.92 Å². The summed E-state index contributed by atoms with van der Waals surface area (Å²) in [4.78, 5) is 17.1. The summed E-state index contributed by atoms with van der Waals surface area (Å²) in [5, 5.41) is 3.08. The third kappa shape index (κ3) is 5.03. The number of aliphatic imine (C=N–C) groups is 1. The maximum atomic E-state index is 12.3. The van der Waals surface area contributed by atoms with Crippen molar-refractivity contribution < 1.29 is 13.9 Å². The lowest BCUT2D eigenvalue weighted by Gasteiger charge is -2.18. The van der Waals surface area contributed by atoms with Crippen LogP contribution in [0.2, 0.25) is 0 Å². The number of carbonyl (C=O) groups excluding carboxylic acids is 1. The number of hydrogen-bond acceptors (Lipinski definition) is 5. The Morgan fingerprint density at radius 3 is 2.67 bits per heavy atom. The smallest absolute Gasteiger partial charge is 0.321 e. The summed E-state index contributed by atoms with van der Waals surface area (Å²) in [6, 6.07) is 13.1. The van der Waals surface area contributed by atoms with E-state index < -0.39 is 11.9 Å². The minimum atomic E-state index is -0.727. The maximum absolute atomic E-state index is 12.3. The van der Waals surface area contributed by atoms with Crippen molar-refractivity contribution in [2.45, 2.75) is 20.4 Å². The number of nitrogens with zero attached hydrogens (tertiary/aromatic N) is 1. The highest BCUT2D eigenvalue weighted by atomic mass is 32.1. The Kier molecular flexibility index (Phi) is 6.69. The van der Waals surface area contributed by atoms with E-state index in [4.69, 9.17) is 21.4 Å². The van der Waals surface area contributed by atoms with Crippen LogP contribution in [0.25, 0.3) is 0 Å². The SMILES string of the molecule is CCOC(=O)[C@@H](C(=S)Nc1ccccc1)C(C)=NCc1ccco1. The standard InChI is InChI=1S/C18H20N2O3S/c1-3-22-18(21)16(13(2)19-12-15-10-7-11-23-15)17(24)20-14-8-5-4-6-9-14/h4-11,16H,3,12H2,1-2H3,(H,20,24)/t16-/m1/s1. The van der Waals surface area contributed by atoms with Gasteiger partial charge >= 0.3 is 5.97 Å². The van der Waals surface area contributed by atoms with Gasteiger partial charge in [0.25, 0.3) is 0 Å². The fourth-order valence-corrected chi connectivity index (χ4v) is 2.51. The van der Waals surface area contributed by atoms with Crippen molar-refractivity contribution in [1.29, 1.82) is 0 Å². The molecule has 2 rings (SSSR count). The molecule has 2 aromatic rings. The molecule has 0 saturated carbocycles. The molecule has 0 amide bonds. The summed E-state index contributed by atoms with van der Waals surface area (Å²) in [7, 11) is 0. The van der Waals surface area contributed by atoms with E-state index in [1.165, 1.54) is 0 Å². The largest absolute Gasteiger partial charge is 0.467 e. The van der Waals surface area contributed by atoms with Gasteiger partial charge in [0.05, 0.1) is 24.4 Å². The Morgan fingerprint density at radius 1 is 1.29 bits per heavy atom. The van der Waals surface area contributed by atoms with Crippen molar-refractivity contribution in [1.82, 2.24) is 0 Å². The molecule has 0 aliphatic rings. The highest BCUT2D eigenvalue weighted by molar-refractivity contribution is 7.80. The first kappa shape index (κ1) is 17.9. The van der Waals surface area contributed by atoms with Crippen LogP contribution in [0.3, 0.4) is 0 Å². The zero-order valence-electron chi connectivity index (χ0n) is 13.7. The predicted molar refractivity (Wildman–Crippen MR) is 98.3 cm³/mol. The number of furan rings is 1. The lowest BCUT2D eigenvalue weighted by atomic mass is 10.0. The van der Waals surface area contributed by atoms with Crippen molar-refractivity contribution in [3.8, 4) is 0 Å².